The van der Waals surface area contributed by atoms with Gasteiger partial charge in [-0.3, -0.25) is 14.5 Å². The molecule has 0 aromatic carbocycles. The Bertz CT molecular complexity index is 576. The Morgan fingerprint density at radius 3 is 2.52 bits per heavy atom. The summed E-state index contributed by atoms with van der Waals surface area (Å²) >= 11 is 0. The van der Waals surface area contributed by atoms with Gasteiger partial charge in [0.2, 0.25) is 11.8 Å². The lowest BCUT2D eigenvalue weighted by Crippen LogP contribution is -2.57. The minimum Gasteiger partial charge on any atom is -0.378 e. The van der Waals surface area contributed by atoms with Crippen molar-refractivity contribution in [1.82, 2.24) is 15.1 Å². The molecule has 3 rings (SSSR count). The maximum absolute atomic E-state index is 12.8. The molecule has 0 aromatic heterocycles. The van der Waals surface area contributed by atoms with Crippen molar-refractivity contribution < 1.29 is 14.3 Å². The molecule has 1 saturated carbocycles. The van der Waals surface area contributed by atoms with Crippen LogP contribution in [0.1, 0.15) is 51.9 Å². The minimum atomic E-state index is -0.706. The Morgan fingerprint density at radius 1 is 1.15 bits per heavy atom. The standard InChI is InChI=1S/C20H32N4O3/c1-16(18(25)22-20(15-21)7-3-2-4-8-20)24-9-5-6-17(14-24)19(26)23-10-12-27-13-11-23/h16-17H,2-14H2,1H3,(H,22,25). The Morgan fingerprint density at radius 2 is 1.85 bits per heavy atom. The van der Waals surface area contributed by atoms with Crippen molar-refractivity contribution in [2.24, 2.45) is 5.92 Å². The van der Waals surface area contributed by atoms with E-state index in [2.05, 4.69) is 16.3 Å². The fourth-order valence-electron chi connectivity index (χ4n) is 4.53. The Hall–Kier alpha value is -1.65. The molecule has 27 heavy (non-hydrogen) atoms. The van der Waals surface area contributed by atoms with E-state index in [0.717, 1.165) is 51.5 Å². The third-order valence-corrected chi connectivity index (χ3v) is 6.34. The first-order valence-corrected chi connectivity index (χ1v) is 10.4. The molecule has 2 unspecified atom stereocenters. The molecule has 7 nitrogen and oxygen atoms in total. The van der Waals surface area contributed by atoms with E-state index in [4.69, 9.17) is 4.74 Å². The minimum absolute atomic E-state index is 0.0493. The van der Waals surface area contributed by atoms with Crippen LogP contribution in [-0.2, 0) is 14.3 Å². The summed E-state index contributed by atoms with van der Waals surface area (Å²) in [6, 6.07) is 2.03. The van der Waals surface area contributed by atoms with E-state index in [9.17, 15) is 14.9 Å². The van der Waals surface area contributed by atoms with Gasteiger partial charge in [0.15, 0.2) is 0 Å². The van der Waals surface area contributed by atoms with Crippen LogP contribution in [0.15, 0.2) is 0 Å². The van der Waals surface area contributed by atoms with E-state index in [-0.39, 0.29) is 23.8 Å². The third-order valence-electron chi connectivity index (χ3n) is 6.34. The molecule has 2 amide bonds. The molecule has 0 bridgehead atoms. The van der Waals surface area contributed by atoms with Crippen molar-refractivity contribution in [2.45, 2.75) is 63.5 Å². The van der Waals surface area contributed by atoms with E-state index in [1.165, 1.54) is 0 Å². The SMILES string of the molecule is CC(C(=O)NC1(C#N)CCCCC1)N1CCCC(C(=O)N2CCOCC2)C1. The number of morpholine rings is 1. The fraction of sp³-hybridized carbons (Fsp3) is 0.850. The average Bonchev–Trinajstić information content (AvgIpc) is 2.74. The van der Waals surface area contributed by atoms with Crippen LogP contribution in [-0.4, -0.2) is 72.6 Å². The summed E-state index contributed by atoms with van der Waals surface area (Å²) in [5.74, 6) is 0.0565. The summed E-state index contributed by atoms with van der Waals surface area (Å²) in [7, 11) is 0. The van der Waals surface area contributed by atoms with Gasteiger partial charge in [0, 0.05) is 19.6 Å². The number of nitrogens with zero attached hydrogens (tertiary/aromatic N) is 3. The number of hydrogen-bond acceptors (Lipinski definition) is 5. The zero-order valence-corrected chi connectivity index (χ0v) is 16.4. The Kier molecular flexibility index (Phi) is 6.72. The number of carbonyl (C=O) groups is 2. The number of rotatable bonds is 4. The van der Waals surface area contributed by atoms with Gasteiger partial charge in [0.1, 0.15) is 5.54 Å². The summed E-state index contributed by atoms with van der Waals surface area (Å²) in [6.07, 6.45) is 6.38. The molecule has 0 aromatic rings. The van der Waals surface area contributed by atoms with Gasteiger partial charge in [-0.1, -0.05) is 19.3 Å². The molecule has 1 N–H and O–H groups in total. The number of likely N-dealkylation sites (tertiary alicyclic amines) is 1. The van der Waals surface area contributed by atoms with Gasteiger partial charge in [-0.15, -0.1) is 0 Å². The fourth-order valence-corrected chi connectivity index (χ4v) is 4.53. The van der Waals surface area contributed by atoms with Crippen molar-refractivity contribution in [2.75, 3.05) is 39.4 Å². The molecule has 2 saturated heterocycles. The van der Waals surface area contributed by atoms with Gasteiger partial charge >= 0.3 is 0 Å². The molecule has 2 heterocycles. The van der Waals surface area contributed by atoms with Crippen molar-refractivity contribution in [3.8, 4) is 6.07 Å². The zero-order chi connectivity index (χ0) is 19.3. The molecular weight excluding hydrogens is 344 g/mol. The highest BCUT2D eigenvalue weighted by Crippen LogP contribution is 2.28. The highest BCUT2D eigenvalue weighted by molar-refractivity contribution is 5.83. The maximum Gasteiger partial charge on any atom is 0.238 e. The van der Waals surface area contributed by atoms with Gasteiger partial charge in [-0.2, -0.15) is 5.26 Å². The molecule has 1 aliphatic carbocycles. The summed E-state index contributed by atoms with van der Waals surface area (Å²) < 4.78 is 5.34. The van der Waals surface area contributed by atoms with Gasteiger partial charge in [0.25, 0.3) is 0 Å². The van der Waals surface area contributed by atoms with Crippen LogP contribution in [0.5, 0.6) is 0 Å². The van der Waals surface area contributed by atoms with Gasteiger partial charge in [-0.25, -0.2) is 0 Å². The first-order valence-electron chi connectivity index (χ1n) is 10.4. The van der Waals surface area contributed by atoms with Crippen LogP contribution in [0.2, 0.25) is 0 Å². The number of nitriles is 1. The van der Waals surface area contributed by atoms with Crippen molar-refractivity contribution in [3.05, 3.63) is 0 Å². The second-order valence-electron chi connectivity index (χ2n) is 8.19. The summed E-state index contributed by atoms with van der Waals surface area (Å²) in [5.41, 5.74) is -0.706. The summed E-state index contributed by atoms with van der Waals surface area (Å²) in [5, 5.41) is 12.6. The molecule has 7 heteroatoms. The third kappa shape index (κ3) is 4.80. The van der Waals surface area contributed by atoms with E-state index < -0.39 is 5.54 Å². The van der Waals surface area contributed by atoms with E-state index in [0.29, 0.717) is 32.8 Å². The van der Waals surface area contributed by atoms with Crippen LogP contribution in [0.3, 0.4) is 0 Å². The van der Waals surface area contributed by atoms with Gasteiger partial charge < -0.3 is 15.0 Å². The smallest absolute Gasteiger partial charge is 0.238 e. The normalized spacial score (nSPS) is 27.4. The molecule has 150 valence electrons. The van der Waals surface area contributed by atoms with Crippen molar-refractivity contribution in [1.29, 1.82) is 5.26 Å². The molecule has 0 spiro atoms. The number of nitrogens with one attached hydrogen (secondary N) is 1. The van der Waals surface area contributed by atoms with Crippen LogP contribution >= 0.6 is 0 Å². The predicted octanol–water partition coefficient (Wildman–Crippen LogP) is 1.29. The summed E-state index contributed by atoms with van der Waals surface area (Å²) in [4.78, 5) is 29.6. The first kappa shape index (κ1) is 20.1. The quantitative estimate of drug-likeness (QED) is 0.799. The van der Waals surface area contributed by atoms with Crippen LogP contribution in [0, 0.1) is 17.2 Å². The molecule has 3 aliphatic rings. The second-order valence-corrected chi connectivity index (χ2v) is 8.19. The highest BCUT2D eigenvalue weighted by atomic mass is 16.5. The zero-order valence-electron chi connectivity index (χ0n) is 16.4. The first-order chi connectivity index (χ1) is 13.0. The van der Waals surface area contributed by atoms with Gasteiger partial charge in [0.05, 0.1) is 31.2 Å². The lowest BCUT2D eigenvalue weighted by molar-refractivity contribution is -0.143. The average molecular weight is 377 g/mol. The lowest BCUT2D eigenvalue weighted by Gasteiger charge is -2.39. The molecule has 0 radical (unpaired) electrons. The summed E-state index contributed by atoms with van der Waals surface area (Å²) in [6.45, 7) is 5.87. The maximum atomic E-state index is 12.8. The topological polar surface area (TPSA) is 85.7 Å². The number of hydrogen-bond donors (Lipinski definition) is 1. The Balaban J connectivity index is 1.57. The van der Waals surface area contributed by atoms with Crippen molar-refractivity contribution >= 4 is 11.8 Å². The monoisotopic (exact) mass is 376 g/mol. The molecule has 2 atom stereocenters. The number of carbonyl (C=O) groups excluding carboxylic acids is 2. The highest BCUT2D eigenvalue weighted by Gasteiger charge is 2.38. The second kappa shape index (κ2) is 9.03. The Labute approximate surface area is 162 Å². The van der Waals surface area contributed by atoms with Crippen LogP contribution in [0.4, 0.5) is 0 Å². The van der Waals surface area contributed by atoms with Crippen LogP contribution in [0.25, 0.3) is 0 Å². The largest absolute Gasteiger partial charge is 0.378 e. The van der Waals surface area contributed by atoms with E-state index in [1.807, 2.05) is 11.8 Å². The number of ether oxygens (including phenoxy) is 1. The predicted molar refractivity (Wildman–Crippen MR) is 101 cm³/mol. The molecule has 3 fully saturated rings. The van der Waals surface area contributed by atoms with Crippen molar-refractivity contribution in [3.63, 3.8) is 0 Å². The van der Waals surface area contributed by atoms with Crippen LogP contribution < -0.4 is 5.32 Å². The number of amides is 2. The van der Waals surface area contributed by atoms with E-state index >= 15 is 0 Å². The molecular formula is C20H32N4O3. The van der Waals surface area contributed by atoms with E-state index in [1.54, 1.807) is 0 Å². The van der Waals surface area contributed by atoms with Gasteiger partial charge in [-0.05, 0) is 39.2 Å². The molecule has 2 aliphatic heterocycles. The number of piperidine rings is 1. The lowest BCUT2D eigenvalue weighted by atomic mass is 9.82.